The van der Waals surface area contributed by atoms with E-state index in [0.29, 0.717) is 5.75 Å². The molecule has 0 aliphatic carbocycles. The van der Waals surface area contributed by atoms with E-state index in [2.05, 4.69) is 32.2 Å². The highest BCUT2D eigenvalue weighted by Crippen LogP contribution is 2.33. The number of fused-ring (bicyclic) bond motifs is 1. The number of nitrogens with one attached hydrogen (secondary N) is 1. The molecule has 7 heteroatoms. The van der Waals surface area contributed by atoms with Crippen LogP contribution in [-0.4, -0.2) is 55.1 Å². The molecular formula is C24H36N2O4S. The molecule has 2 amide bonds. The first kappa shape index (κ1) is 25.4. The minimum Gasteiger partial charge on any atom is -0.392 e. The second-order valence-electron chi connectivity index (χ2n) is 9.33. The van der Waals surface area contributed by atoms with Crippen molar-refractivity contribution in [1.82, 2.24) is 5.32 Å². The number of hydrogen-bond donors (Lipinski definition) is 2. The Hall–Kier alpha value is -1.83. The lowest BCUT2D eigenvalue weighted by Crippen LogP contribution is -2.53. The van der Waals surface area contributed by atoms with E-state index in [1.165, 1.54) is 18.9 Å². The van der Waals surface area contributed by atoms with Crippen LogP contribution in [0.15, 0.2) is 41.3 Å². The van der Waals surface area contributed by atoms with Crippen LogP contribution in [0.1, 0.15) is 34.6 Å². The second kappa shape index (κ2) is 10.7. The SMILES string of the molecule is CO[C@@H](C(=O)N[C@H]1CSc2ccccc2N(C)C1=O)[C@H](C)[C@@H](O)[C@H](C)/C=C/C(C)(C)C. The first-order chi connectivity index (χ1) is 14.5. The molecule has 2 rings (SSSR count). The molecule has 1 aliphatic heterocycles. The predicted octanol–water partition coefficient (Wildman–Crippen LogP) is 3.49. The van der Waals surface area contributed by atoms with E-state index in [0.717, 1.165) is 10.6 Å². The molecular weight excluding hydrogens is 412 g/mol. The number of benzene rings is 1. The van der Waals surface area contributed by atoms with Crippen molar-refractivity contribution >= 4 is 29.3 Å². The van der Waals surface area contributed by atoms with Gasteiger partial charge in [0.15, 0.2) is 0 Å². The smallest absolute Gasteiger partial charge is 0.250 e. The number of methoxy groups -OCH3 is 1. The van der Waals surface area contributed by atoms with Crippen molar-refractivity contribution in [3.63, 3.8) is 0 Å². The monoisotopic (exact) mass is 448 g/mol. The number of amides is 2. The van der Waals surface area contributed by atoms with Gasteiger partial charge in [0.25, 0.3) is 0 Å². The number of carbonyl (C=O) groups is 2. The fraction of sp³-hybridized carbons (Fsp3) is 0.583. The normalized spacial score (nSPS) is 21.2. The third kappa shape index (κ3) is 6.57. The van der Waals surface area contributed by atoms with Gasteiger partial charge < -0.3 is 20.1 Å². The maximum atomic E-state index is 13.0. The fourth-order valence-electron chi connectivity index (χ4n) is 3.58. The van der Waals surface area contributed by atoms with Crippen LogP contribution in [0.2, 0.25) is 0 Å². The number of ether oxygens (including phenoxy) is 1. The van der Waals surface area contributed by atoms with Crippen LogP contribution in [0.3, 0.4) is 0 Å². The molecule has 0 aromatic heterocycles. The summed E-state index contributed by atoms with van der Waals surface area (Å²) in [6.07, 6.45) is 2.41. The zero-order chi connectivity index (χ0) is 23.3. The van der Waals surface area contributed by atoms with Crippen LogP contribution in [0, 0.1) is 17.3 Å². The maximum Gasteiger partial charge on any atom is 0.250 e. The first-order valence-corrected chi connectivity index (χ1v) is 11.6. The minimum atomic E-state index is -0.866. The van der Waals surface area contributed by atoms with Crippen LogP contribution in [0.4, 0.5) is 5.69 Å². The number of carbonyl (C=O) groups excluding carboxylic acids is 2. The van der Waals surface area contributed by atoms with Crippen LogP contribution in [0.25, 0.3) is 0 Å². The van der Waals surface area contributed by atoms with E-state index in [1.807, 2.05) is 37.3 Å². The number of rotatable bonds is 7. The van der Waals surface area contributed by atoms with E-state index in [4.69, 9.17) is 4.74 Å². The number of para-hydroxylation sites is 1. The summed E-state index contributed by atoms with van der Waals surface area (Å²) in [7, 11) is 3.17. The van der Waals surface area contributed by atoms with Gasteiger partial charge in [-0.15, -0.1) is 11.8 Å². The molecule has 0 fully saturated rings. The Kier molecular flexibility index (Phi) is 8.74. The zero-order valence-corrected chi connectivity index (χ0v) is 20.4. The Morgan fingerprint density at radius 2 is 1.97 bits per heavy atom. The summed E-state index contributed by atoms with van der Waals surface area (Å²) in [4.78, 5) is 28.5. The van der Waals surface area contributed by atoms with Crippen molar-refractivity contribution in [1.29, 1.82) is 0 Å². The largest absolute Gasteiger partial charge is 0.392 e. The standard InChI is InChI=1S/C24H36N2O4S/c1-15(12-13-24(3,4)5)20(27)16(2)21(30-7)22(28)25-17-14-31-19-11-9-8-10-18(19)26(6)23(17)29/h8-13,15-17,20-21,27H,14H2,1-7H3,(H,25,28)/b13-12+/t15-,16-,17+,20+,21-/m1/s1. The summed E-state index contributed by atoms with van der Waals surface area (Å²) in [6, 6.07) is 7.02. The molecule has 2 N–H and O–H groups in total. The Balaban J connectivity index is 2.08. The third-order valence-corrected chi connectivity index (χ3v) is 6.70. The maximum absolute atomic E-state index is 13.0. The molecule has 5 atom stereocenters. The quantitative estimate of drug-likeness (QED) is 0.625. The Morgan fingerprint density at radius 3 is 2.58 bits per heavy atom. The van der Waals surface area contributed by atoms with Crippen molar-refractivity contribution in [2.45, 2.75) is 57.8 Å². The number of aliphatic hydroxyl groups is 1. The number of thioether (sulfide) groups is 1. The predicted molar refractivity (Wildman–Crippen MR) is 126 cm³/mol. The molecule has 1 aromatic rings. The van der Waals surface area contributed by atoms with Gasteiger partial charge in [-0.05, 0) is 17.5 Å². The average molecular weight is 449 g/mol. The highest BCUT2D eigenvalue weighted by Gasteiger charge is 2.36. The lowest BCUT2D eigenvalue weighted by Gasteiger charge is -2.30. The molecule has 31 heavy (non-hydrogen) atoms. The van der Waals surface area contributed by atoms with Gasteiger partial charge in [0.1, 0.15) is 12.1 Å². The van der Waals surface area contributed by atoms with Gasteiger partial charge in [-0.3, -0.25) is 9.59 Å². The van der Waals surface area contributed by atoms with Crippen molar-refractivity contribution in [3.8, 4) is 0 Å². The number of hydrogen-bond acceptors (Lipinski definition) is 5. The van der Waals surface area contributed by atoms with Crippen molar-refractivity contribution < 1.29 is 19.4 Å². The number of allylic oxidation sites excluding steroid dienone is 1. The Labute approximate surface area is 190 Å². The van der Waals surface area contributed by atoms with E-state index < -0.39 is 24.2 Å². The molecule has 0 unspecified atom stereocenters. The topological polar surface area (TPSA) is 78.9 Å². The van der Waals surface area contributed by atoms with Crippen molar-refractivity contribution in [2.75, 3.05) is 24.8 Å². The van der Waals surface area contributed by atoms with Gasteiger partial charge in [-0.1, -0.05) is 58.9 Å². The van der Waals surface area contributed by atoms with Gasteiger partial charge in [0.05, 0.1) is 11.8 Å². The van der Waals surface area contributed by atoms with Gasteiger partial charge in [0.2, 0.25) is 11.8 Å². The lowest BCUT2D eigenvalue weighted by molar-refractivity contribution is -0.139. The molecule has 1 heterocycles. The fourth-order valence-corrected chi connectivity index (χ4v) is 4.68. The molecule has 0 saturated carbocycles. The Bertz CT molecular complexity index is 805. The summed E-state index contributed by atoms with van der Waals surface area (Å²) in [6.45, 7) is 9.99. The van der Waals surface area contributed by atoms with E-state index in [1.54, 1.807) is 18.9 Å². The summed E-state index contributed by atoms with van der Waals surface area (Å²) >= 11 is 1.54. The molecule has 0 bridgehead atoms. The Morgan fingerprint density at radius 1 is 1.32 bits per heavy atom. The van der Waals surface area contributed by atoms with Gasteiger partial charge in [-0.25, -0.2) is 0 Å². The molecule has 0 radical (unpaired) electrons. The molecule has 1 aromatic carbocycles. The third-order valence-electron chi connectivity index (χ3n) is 5.54. The molecule has 6 nitrogen and oxygen atoms in total. The molecule has 172 valence electrons. The molecule has 0 spiro atoms. The van der Waals surface area contributed by atoms with Crippen molar-refractivity contribution in [3.05, 3.63) is 36.4 Å². The zero-order valence-electron chi connectivity index (χ0n) is 19.6. The summed E-state index contributed by atoms with van der Waals surface area (Å²) in [5.74, 6) is -0.720. The van der Waals surface area contributed by atoms with Crippen LogP contribution >= 0.6 is 11.8 Å². The summed E-state index contributed by atoms with van der Waals surface area (Å²) in [5, 5.41) is 13.7. The first-order valence-electron chi connectivity index (χ1n) is 10.7. The van der Waals surface area contributed by atoms with E-state index in [9.17, 15) is 14.7 Å². The van der Waals surface area contributed by atoms with E-state index in [-0.39, 0.29) is 23.1 Å². The van der Waals surface area contributed by atoms with Crippen LogP contribution < -0.4 is 10.2 Å². The molecule has 0 saturated heterocycles. The summed E-state index contributed by atoms with van der Waals surface area (Å²) < 4.78 is 5.46. The second-order valence-corrected chi connectivity index (χ2v) is 10.4. The number of nitrogens with zero attached hydrogens (tertiary/aromatic N) is 1. The van der Waals surface area contributed by atoms with Gasteiger partial charge in [0, 0.05) is 36.6 Å². The van der Waals surface area contributed by atoms with Crippen molar-refractivity contribution in [2.24, 2.45) is 17.3 Å². The number of anilines is 1. The van der Waals surface area contributed by atoms with E-state index >= 15 is 0 Å². The van der Waals surface area contributed by atoms with Crippen LogP contribution in [0.5, 0.6) is 0 Å². The molecule has 1 aliphatic rings. The van der Waals surface area contributed by atoms with Crippen LogP contribution in [-0.2, 0) is 14.3 Å². The van der Waals surface area contributed by atoms with Gasteiger partial charge in [-0.2, -0.15) is 0 Å². The summed E-state index contributed by atoms with van der Waals surface area (Å²) in [5.41, 5.74) is 0.844. The number of likely N-dealkylation sites (N-methyl/N-ethyl adjacent to an activating group) is 1. The lowest BCUT2D eigenvalue weighted by atomic mass is 9.86. The highest BCUT2D eigenvalue weighted by atomic mass is 32.2. The highest BCUT2D eigenvalue weighted by molar-refractivity contribution is 7.99. The number of aliphatic hydroxyl groups excluding tert-OH is 1. The van der Waals surface area contributed by atoms with Gasteiger partial charge >= 0.3 is 0 Å². The average Bonchev–Trinajstić information content (AvgIpc) is 2.83. The minimum absolute atomic E-state index is 0.0103.